The van der Waals surface area contributed by atoms with Gasteiger partial charge in [-0.1, -0.05) is 36.4 Å². The maximum absolute atomic E-state index is 5.91. The molecule has 2 saturated heterocycles. The van der Waals surface area contributed by atoms with Crippen LogP contribution in [-0.2, 0) is 21.7 Å². The van der Waals surface area contributed by atoms with Crippen LogP contribution in [0.15, 0.2) is 48.5 Å². The Morgan fingerprint density at radius 3 is 2.78 bits per heavy atom. The number of rotatable bonds is 5. The summed E-state index contributed by atoms with van der Waals surface area (Å²) >= 11 is 0. The molecular weight excluding hydrogens is 292 g/mol. The third kappa shape index (κ3) is 2.69. The highest BCUT2D eigenvalue weighted by molar-refractivity contribution is 5.46. The zero-order chi connectivity index (χ0) is 15.7. The molecule has 0 aliphatic carbocycles. The molecule has 2 aromatic carbocycles. The summed E-state index contributed by atoms with van der Waals surface area (Å²) in [7, 11) is 1.67. The van der Waals surface area contributed by atoms with Crippen molar-refractivity contribution >= 4 is 0 Å². The molecule has 23 heavy (non-hydrogen) atoms. The quantitative estimate of drug-likeness (QED) is 0.794. The van der Waals surface area contributed by atoms with Crippen LogP contribution in [0, 0.1) is 0 Å². The number of epoxide rings is 1. The van der Waals surface area contributed by atoms with E-state index >= 15 is 0 Å². The monoisotopic (exact) mass is 312 g/mol. The van der Waals surface area contributed by atoms with Gasteiger partial charge in [0.1, 0.15) is 18.3 Å². The maximum atomic E-state index is 5.91. The van der Waals surface area contributed by atoms with Gasteiger partial charge >= 0.3 is 0 Å². The van der Waals surface area contributed by atoms with Crippen LogP contribution in [0.5, 0.6) is 11.5 Å². The Morgan fingerprint density at radius 2 is 2.00 bits per heavy atom. The first-order chi connectivity index (χ1) is 11.3. The van der Waals surface area contributed by atoms with Crippen molar-refractivity contribution in [1.82, 2.24) is 0 Å². The van der Waals surface area contributed by atoms with E-state index in [1.807, 2.05) is 42.5 Å². The predicted molar refractivity (Wildman–Crippen MR) is 85.8 cm³/mol. The average Bonchev–Trinajstić information content (AvgIpc) is 3.36. The first-order valence-corrected chi connectivity index (χ1v) is 7.93. The fourth-order valence-corrected chi connectivity index (χ4v) is 3.21. The maximum Gasteiger partial charge on any atom is 0.161 e. The van der Waals surface area contributed by atoms with Crippen molar-refractivity contribution in [2.24, 2.45) is 0 Å². The molecule has 4 heteroatoms. The topological polar surface area (TPSA) is 40.2 Å². The van der Waals surface area contributed by atoms with Gasteiger partial charge in [-0.15, -0.1) is 0 Å². The minimum atomic E-state index is -0.177. The van der Waals surface area contributed by atoms with Gasteiger partial charge in [-0.05, 0) is 23.3 Å². The lowest BCUT2D eigenvalue weighted by Gasteiger charge is -2.19. The summed E-state index contributed by atoms with van der Waals surface area (Å²) in [5, 5.41) is 0. The first kappa shape index (κ1) is 14.5. The smallest absolute Gasteiger partial charge is 0.161 e. The molecule has 0 saturated carbocycles. The summed E-state index contributed by atoms with van der Waals surface area (Å²) < 4.78 is 22.8. The highest BCUT2D eigenvalue weighted by atomic mass is 16.6. The van der Waals surface area contributed by atoms with E-state index in [4.69, 9.17) is 18.9 Å². The van der Waals surface area contributed by atoms with Gasteiger partial charge in [0.25, 0.3) is 0 Å². The number of benzene rings is 2. The van der Waals surface area contributed by atoms with Crippen LogP contribution in [0.25, 0.3) is 0 Å². The second-order valence-corrected chi connectivity index (χ2v) is 5.96. The fraction of sp³-hybridized carbons (Fsp3) is 0.368. The van der Waals surface area contributed by atoms with Gasteiger partial charge in [0.05, 0.1) is 13.7 Å². The summed E-state index contributed by atoms with van der Waals surface area (Å²) in [6, 6.07) is 16.2. The Labute approximate surface area is 135 Å². The van der Waals surface area contributed by atoms with Crippen molar-refractivity contribution in [2.45, 2.75) is 24.7 Å². The average molecular weight is 312 g/mol. The molecule has 4 nitrogen and oxygen atoms in total. The molecule has 4 rings (SSSR count). The second kappa shape index (κ2) is 5.87. The van der Waals surface area contributed by atoms with Crippen molar-refractivity contribution in [1.29, 1.82) is 0 Å². The molecule has 0 N–H and O–H groups in total. The summed E-state index contributed by atoms with van der Waals surface area (Å²) in [6.07, 6.45) is 1.07. The van der Waals surface area contributed by atoms with E-state index < -0.39 is 0 Å². The van der Waals surface area contributed by atoms with Gasteiger partial charge in [0.2, 0.25) is 0 Å². The third-order valence-electron chi connectivity index (χ3n) is 4.59. The Hall–Kier alpha value is -2.04. The standard InChI is InChI=1S/C19H20O4/c1-20-17-11-15(19-9-10-21-13-18(19)23-19)7-8-16(17)22-12-14-5-3-2-4-6-14/h2-8,11,18H,9-10,12-13H2,1H3. The van der Waals surface area contributed by atoms with Gasteiger partial charge in [-0.25, -0.2) is 0 Å². The lowest BCUT2D eigenvalue weighted by atomic mass is 9.91. The van der Waals surface area contributed by atoms with Gasteiger partial charge in [0, 0.05) is 13.0 Å². The van der Waals surface area contributed by atoms with E-state index in [0.29, 0.717) is 13.2 Å². The molecule has 2 aliphatic heterocycles. The van der Waals surface area contributed by atoms with Crippen LogP contribution < -0.4 is 9.47 Å². The first-order valence-electron chi connectivity index (χ1n) is 7.93. The normalized spacial score (nSPS) is 25.5. The molecule has 2 aliphatic rings. The van der Waals surface area contributed by atoms with E-state index in [1.54, 1.807) is 7.11 Å². The highest BCUT2D eigenvalue weighted by Gasteiger charge is 2.59. The van der Waals surface area contributed by atoms with Gasteiger partial charge < -0.3 is 18.9 Å². The van der Waals surface area contributed by atoms with Gasteiger partial charge in [-0.2, -0.15) is 0 Å². The van der Waals surface area contributed by atoms with Crippen LogP contribution >= 0.6 is 0 Å². The van der Waals surface area contributed by atoms with Gasteiger partial charge in [0.15, 0.2) is 11.5 Å². The fourth-order valence-electron chi connectivity index (χ4n) is 3.21. The summed E-state index contributed by atoms with van der Waals surface area (Å²) in [5.41, 5.74) is 2.10. The number of hydrogen-bond donors (Lipinski definition) is 0. The Balaban J connectivity index is 1.52. The third-order valence-corrected chi connectivity index (χ3v) is 4.59. The summed E-state index contributed by atoms with van der Waals surface area (Å²) in [5.74, 6) is 1.49. The molecule has 0 radical (unpaired) electrons. The molecule has 2 aromatic rings. The van der Waals surface area contributed by atoms with E-state index in [1.165, 1.54) is 0 Å². The molecule has 2 unspecified atom stereocenters. The lowest BCUT2D eigenvalue weighted by molar-refractivity contribution is 0.0974. The predicted octanol–water partition coefficient (Wildman–Crippen LogP) is 3.29. The van der Waals surface area contributed by atoms with Crippen molar-refractivity contribution in [2.75, 3.05) is 20.3 Å². The van der Waals surface area contributed by atoms with Crippen LogP contribution in [0.4, 0.5) is 0 Å². The molecule has 2 fully saturated rings. The van der Waals surface area contributed by atoms with Crippen molar-refractivity contribution in [3.8, 4) is 11.5 Å². The van der Waals surface area contributed by atoms with Crippen LogP contribution in [-0.4, -0.2) is 26.4 Å². The minimum absolute atomic E-state index is 0.177. The molecule has 0 spiro atoms. The summed E-state index contributed by atoms with van der Waals surface area (Å²) in [6.45, 7) is 1.94. The highest BCUT2D eigenvalue weighted by Crippen LogP contribution is 2.52. The zero-order valence-electron chi connectivity index (χ0n) is 13.2. The molecule has 0 bridgehead atoms. The summed E-state index contributed by atoms with van der Waals surface area (Å²) in [4.78, 5) is 0. The molecule has 2 heterocycles. The number of methoxy groups -OCH3 is 1. The number of hydrogen-bond acceptors (Lipinski definition) is 4. The van der Waals surface area contributed by atoms with E-state index in [2.05, 4.69) is 6.07 Å². The van der Waals surface area contributed by atoms with E-state index in [9.17, 15) is 0 Å². The van der Waals surface area contributed by atoms with Crippen LogP contribution in [0.1, 0.15) is 17.5 Å². The Morgan fingerprint density at radius 1 is 1.13 bits per heavy atom. The molecule has 0 aromatic heterocycles. The van der Waals surface area contributed by atoms with Crippen LogP contribution in [0.3, 0.4) is 0 Å². The Kier molecular flexibility index (Phi) is 3.71. The van der Waals surface area contributed by atoms with E-state index in [0.717, 1.165) is 35.7 Å². The molecule has 2 atom stereocenters. The van der Waals surface area contributed by atoms with Gasteiger partial charge in [-0.3, -0.25) is 0 Å². The molecular formula is C19H20O4. The Bertz CT molecular complexity index is 685. The SMILES string of the molecule is COc1cc(C23CCOCC2O3)ccc1OCc1ccccc1. The number of ether oxygens (including phenoxy) is 4. The minimum Gasteiger partial charge on any atom is -0.493 e. The largest absolute Gasteiger partial charge is 0.493 e. The van der Waals surface area contributed by atoms with Crippen molar-refractivity contribution < 1.29 is 18.9 Å². The zero-order valence-corrected chi connectivity index (χ0v) is 13.2. The van der Waals surface area contributed by atoms with E-state index in [-0.39, 0.29) is 11.7 Å². The van der Waals surface area contributed by atoms with Crippen LogP contribution in [0.2, 0.25) is 0 Å². The van der Waals surface area contributed by atoms with Crippen molar-refractivity contribution in [3.05, 3.63) is 59.7 Å². The van der Waals surface area contributed by atoms with Crippen molar-refractivity contribution in [3.63, 3.8) is 0 Å². The number of fused-ring (bicyclic) bond motifs is 1. The molecule has 0 amide bonds. The lowest BCUT2D eigenvalue weighted by Crippen LogP contribution is -2.24. The second-order valence-electron chi connectivity index (χ2n) is 5.96. The molecule has 120 valence electrons.